The first kappa shape index (κ1) is 13.9. The van der Waals surface area contributed by atoms with Crippen molar-refractivity contribution in [2.45, 2.75) is 52.6 Å². The topological polar surface area (TPSA) is 46.5 Å². The van der Waals surface area contributed by atoms with Gasteiger partial charge in [0.25, 0.3) is 0 Å². The van der Waals surface area contributed by atoms with Gasteiger partial charge in [0.2, 0.25) is 0 Å². The minimum atomic E-state index is -0.0706. The molecule has 2 fully saturated rings. The molecule has 3 heteroatoms. The highest BCUT2D eigenvalue weighted by Crippen LogP contribution is 2.41. The quantitative estimate of drug-likeness (QED) is 0.784. The summed E-state index contributed by atoms with van der Waals surface area (Å²) in [6.45, 7) is 6.80. The number of rotatable bonds is 4. The van der Waals surface area contributed by atoms with Crippen LogP contribution in [0.4, 0.5) is 0 Å². The average molecular weight is 254 g/mol. The number of carbonyl (C=O) groups excluding carboxylic acids is 1. The molecule has 0 heterocycles. The van der Waals surface area contributed by atoms with Crippen LogP contribution in [-0.4, -0.2) is 23.8 Å². The van der Waals surface area contributed by atoms with Gasteiger partial charge in [-0.15, -0.1) is 0 Å². The van der Waals surface area contributed by atoms with Crippen LogP contribution in [0.1, 0.15) is 46.5 Å². The Bertz CT molecular complexity index is 300. The Hall–Kier alpha value is -0.570. The van der Waals surface area contributed by atoms with Gasteiger partial charge in [0.15, 0.2) is 0 Å². The standard InChI is InChI=1S/C15H26O3/c1-9(2)12-5-4-10(3)6-14(12)18-15(17)13-7-11(13)8-16/h9-14,16H,4-8H2,1-3H3/t10-,11+,12+,13-,14-/m1/s1. The fraction of sp³-hybridized carbons (Fsp3) is 0.933. The van der Waals surface area contributed by atoms with Crippen molar-refractivity contribution in [3.8, 4) is 0 Å². The van der Waals surface area contributed by atoms with Gasteiger partial charge in [0, 0.05) is 6.61 Å². The molecule has 0 aliphatic heterocycles. The van der Waals surface area contributed by atoms with E-state index in [9.17, 15) is 4.79 Å². The first-order valence-electron chi connectivity index (χ1n) is 7.34. The molecule has 5 atom stereocenters. The van der Waals surface area contributed by atoms with E-state index in [1.54, 1.807) is 0 Å². The summed E-state index contributed by atoms with van der Waals surface area (Å²) in [5.41, 5.74) is 0. The van der Waals surface area contributed by atoms with Gasteiger partial charge < -0.3 is 9.84 Å². The fourth-order valence-corrected chi connectivity index (χ4v) is 3.22. The smallest absolute Gasteiger partial charge is 0.309 e. The van der Waals surface area contributed by atoms with Crippen LogP contribution in [0.2, 0.25) is 0 Å². The van der Waals surface area contributed by atoms with Gasteiger partial charge >= 0.3 is 5.97 Å². The summed E-state index contributed by atoms with van der Waals surface area (Å²) in [6, 6.07) is 0. The molecular weight excluding hydrogens is 228 g/mol. The number of ether oxygens (including phenoxy) is 1. The van der Waals surface area contributed by atoms with Crippen LogP contribution >= 0.6 is 0 Å². The van der Waals surface area contributed by atoms with E-state index in [0.717, 1.165) is 12.8 Å². The molecule has 0 spiro atoms. The van der Waals surface area contributed by atoms with Crippen molar-refractivity contribution < 1.29 is 14.6 Å². The van der Waals surface area contributed by atoms with Crippen molar-refractivity contribution in [3.05, 3.63) is 0 Å². The zero-order valence-corrected chi connectivity index (χ0v) is 11.8. The monoisotopic (exact) mass is 254 g/mol. The molecular formula is C15H26O3. The van der Waals surface area contributed by atoms with Crippen molar-refractivity contribution in [1.82, 2.24) is 0 Å². The Morgan fingerprint density at radius 1 is 1.33 bits per heavy atom. The maximum absolute atomic E-state index is 12.0. The predicted molar refractivity (Wildman–Crippen MR) is 69.9 cm³/mol. The van der Waals surface area contributed by atoms with E-state index < -0.39 is 0 Å². The SMILES string of the molecule is CC(C)[C@@H]1CC[C@@H](C)C[C@H]1OC(=O)[C@@H]1C[C@H]1CO. The van der Waals surface area contributed by atoms with Crippen LogP contribution in [0, 0.1) is 29.6 Å². The lowest BCUT2D eigenvalue weighted by atomic mass is 9.75. The second-order valence-corrected chi connectivity index (χ2v) is 6.59. The lowest BCUT2D eigenvalue weighted by Crippen LogP contribution is -2.36. The van der Waals surface area contributed by atoms with Gasteiger partial charge in [0.05, 0.1) is 5.92 Å². The van der Waals surface area contributed by atoms with E-state index in [0.29, 0.717) is 17.8 Å². The molecule has 0 unspecified atom stereocenters. The highest BCUT2D eigenvalue weighted by molar-refractivity contribution is 5.75. The summed E-state index contributed by atoms with van der Waals surface area (Å²) in [6.07, 6.45) is 4.33. The Balaban J connectivity index is 1.90. The first-order chi connectivity index (χ1) is 8.52. The Kier molecular flexibility index (Phi) is 4.31. The van der Waals surface area contributed by atoms with Gasteiger partial charge in [-0.3, -0.25) is 4.79 Å². The summed E-state index contributed by atoms with van der Waals surface area (Å²) in [4.78, 5) is 12.0. The summed E-state index contributed by atoms with van der Waals surface area (Å²) in [7, 11) is 0. The zero-order valence-electron chi connectivity index (χ0n) is 11.8. The van der Waals surface area contributed by atoms with Crippen LogP contribution in [0.15, 0.2) is 0 Å². The van der Waals surface area contributed by atoms with Crippen LogP contribution in [0.3, 0.4) is 0 Å². The second-order valence-electron chi connectivity index (χ2n) is 6.59. The van der Waals surface area contributed by atoms with Crippen LogP contribution in [0.25, 0.3) is 0 Å². The maximum Gasteiger partial charge on any atom is 0.309 e. The maximum atomic E-state index is 12.0. The van der Waals surface area contributed by atoms with Gasteiger partial charge in [0.1, 0.15) is 6.10 Å². The Labute approximate surface area is 110 Å². The highest BCUT2D eigenvalue weighted by atomic mass is 16.5. The first-order valence-corrected chi connectivity index (χ1v) is 7.34. The molecule has 104 valence electrons. The van der Waals surface area contributed by atoms with E-state index in [-0.39, 0.29) is 30.5 Å². The van der Waals surface area contributed by atoms with Crippen molar-refractivity contribution in [2.24, 2.45) is 29.6 Å². The van der Waals surface area contributed by atoms with Gasteiger partial charge in [-0.1, -0.05) is 27.2 Å². The highest BCUT2D eigenvalue weighted by Gasteiger charge is 2.45. The summed E-state index contributed by atoms with van der Waals surface area (Å²) < 4.78 is 5.74. The number of hydrogen-bond donors (Lipinski definition) is 1. The molecule has 2 saturated carbocycles. The van der Waals surface area contributed by atoms with Crippen LogP contribution < -0.4 is 0 Å². The predicted octanol–water partition coefficient (Wildman–Crippen LogP) is 2.62. The third-order valence-electron chi connectivity index (χ3n) is 4.69. The molecule has 2 aliphatic rings. The molecule has 18 heavy (non-hydrogen) atoms. The van der Waals surface area contributed by atoms with Gasteiger partial charge in [-0.05, 0) is 42.9 Å². The van der Waals surface area contributed by atoms with E-state index in [1.807, 2.05) is 0 Å². The lowest BCUT2D eigenvalue weighted by molar-refractivity contribution is -0.158. The number of hydrogen-bond acceptors (Lipinski definition) is 3. The van der Waals surface area contributed by atoms with Crippen molar-refractivity contribution in [1.29, 1.82) is 0 Å². The summed E-state index contributed by atoms with van der Waals surface area (Å²) >= 11 is 0. The van der Waals surface area contributed by atoms with E-state index in [1.165, 1.54) is 12.8 Å². The molecule has 0 radical (unpaired) electrons. The lowest BCUT2D eigenvalue weighted by Gasteiger charge is -2.36. The van der Waals surface area contributed by atoms with E-state index in [4.69, 9.17) is 9.84 Å². The molecule has 0 aromatic carbocycles. The number of esters is 1. The molecule has 0 aromatic rings. The second kappa shape index (κ2) is 5.60. The number of aliphatic hydroxyl groups excluding tert-OH is 1. The normalized spacial score (nSPS) is 39.7. The molecule has 2 rings (SSSR count). The Morgan fingerprint density at radius 3 is 2.61 bits per heavy atom. The van der Waals surface area contributed by atoms with Crippen molar-refractivity contribution >= 4 is 5.97 Å². The van der Waals surface area contributed by atoms with E-state index in [2.05, 4.69) is 20.8 Å². The minimum Gasteiger partial charge on any atom is -0.462 e. The molecule has 0 amide bonds. The zero-order chi connectivity index (χ0) is 13.3. The molecule has 0 bridgehead atoms. The molecule has 0 aromatic heterocycles. The van der Waals surface area contributed by atoms with Gasteiger partial charge in [-0.2, -0.15) is 0 Å². The summed E-state index contributed by atoms with van der Waals surface area (Å²) in [5.74, 6) is 1.81. The largest absolute Gasteiger partial charge is 0.462 e. The fourth-order valence-electron chi connectivity index (χ4n) is 3.22. The Morgan fingerprint density at radius 2 is 2.06 bits per heavy atom. The van der Waals surface area contributed by atoms with Crippen molar-refractivity contribution in [2.75, 3.05) is 6.61 Å². The number of aliphatic hydroxyl groups is 1. The third kappa shape index (κ3) is 3.05. The number of carbonyl (C=O) groups is 1. The minimum absolute atomic E-state index is 0.0277. The van der Waals surface area contributed by atoms with Crippen molar-refractivity contribution in [3.63, 3.8) is 0 Å². The van der Waals surface area contributed by atoms with Crippen LogP contribution in [-0.2, 0) is 9.53 Å². The average Bonchev–Trinajstić information content (AvgIpc) is 3.07. The third-order valence-corrected chi connectivity index (χ3v) is 4.69. The van der Waals surface area contributed by atoms with Crippen LogP contribution in [0.5, 0.6) is 0 Å². The molecule has 3 nitrogen and oxygen atoms in total. The van der Waals surface area contributed by atoms with Gasteiger partial charge in [-0.25, -0.2) is 0 Å². The molecule has 0 saturated heterocycles. The summed E-state index contributed by atoms with van der Waals surface area (Å²) in [5, 5.41) is 9.01. The molecule has 2 aliphatic carbocycles. The van der Waals surface area contributed by atoms with E-state index >= 15 is 0 Å². The molecule has 1 N–H and O–H groups in total.